The zero-order valence-corrected chi connectivity index (χ0v) is 12.9. The third-order valence-electron chi connectivity index (χ3n) is 3.51. The van der Waals surface area contributed by atoms with Gasteiger partial charge in [-0.2, -0.15) is 0 Å². The van der Waals surface area contributed by atoms with E-state index in [0.29, 0.717) is 0 Å². The van der Waals surface area contributed by atoms with Crippen molar-refractivity contribution in [2.75, 3.05) is 26.1 Å². The van der Waals surface area contributed by atoms with Crippen molar-refractivity contribution in [3.8, 4) is 22.7 Å². The number of nitrogens with zero attached hydrogens (tertiary/aromatic N) is 4. The highest BCUT2D eigenvalue weighted by atomic mass is 16.5. The van der Waals surface area contributed by atoms with Crippen molar-refractivity contribution in [2.24, 2.45) is 0 Å². The Kier molecular flexibility index (Phi) is 3.78. The van der Waals surface area contributed by atoms with Gasteiger partial charge in [0.1, 0.15) is 11.4 Å². The van der Waals surface area contributed by atoms with Crippen molar-refractivity contribution in [1.82, 2.24) is 15.0 Å². The predicted molar refractivity (Wildman–Crippen MR) is 87.7 cm³/mol. The number of ether oxygens (including phenoxy) is 1. The first kappa shape index (κ1) is 14.1. The lowest BCUT2D eigenvalue weighted by Gasteiger charge is -2.11. The van der Waals surface area contributed by atoms with E-state index in [1.165, 1.54) is 0 Å². The van der Waals surface area contributed by atoms with Crippen LogP contribution in [0.5, 0.6) is 5.75 Å². The average Bonchev–Trinajstić information content (AvgIpc) is 3.05. The van der Waals surface area contributed by atoms with Crippen molar-refractivity contribution in [2.45, 2.75) is 0 Å². The highest BCUT2D eigenvalue weighted by Crippen LogP contribution is 2.21. The van der Waals surface area contributed by atoms with E-state index < -0.39 is 0 Å². The molecule has 22 heavy (non-hydrogen) atoms. The molecule has 5 heteroatoms. The summed E-state index contributed by atoms with van der Waals surface area (Å²) in [4.78, 5) is 2.07. The van der Waals surface area contributed by atoms with E-state index in [0.717, 1.165) is 28.4 Å². The minimum absolute atomic E-state index is 0.823. The average molecular weight is 294 g/mol. The van der Waals surface area contributed by atoms with Crippen LogP contribution in [0.15, 0.2) is 54.7 Å². The van der Waals surface area contributed by atoms with Crippen LogP contribution < -0.4 is 9.64 Å². The van der Waals surface area contributed by atoms with E-state index in [-0.39, 0.29) is 0 Å². The van der Waals surface area contributed by atoms with Gasteiger partial charge in [-0.15, -0.1) is 5.10 Å². The smallest absolute Gasteiger partial charge is 0.119 e. The molecule has 112 valence electrons. The van der Waals surface area contributed by atoms with Crippen LogP contribution in [0, 0.1) is 0 Å². The first-order chi connectivity index (χ1) is 10.7. The first-order valence-electron chi connectivity index (χ1n) is 7.02. The van der Waals surface area contributed by atoms with Crippen LogP contribution in [-0.4, -0.2) is 36.2 Å². The summed E-state index contributed by atoms with van der Waals surface area (Å²) in [5.41, 5.74) is 4.00. The monoisotopic (exact) mass is 294 g/mol. The second kappa shape index (κ2) is 5.89. The van der Waals surface area contributed by atoms with Gasteiger partial charge in [-0.05, 0) is 36.4 Å². The van der Waals surface area contributed by atoms with E-state index >= 15 is 0 Å². The fourth-order valence-electron chi connectivity index (χ4n) is 2.19. The van der Waals surface area contributed by atoms with Gasteiger partial charge in [-0.1, -0.05) is 17.3 Å². The molecule has 0 bridgehead atoms. The summed E-state index contributed by atoms with van der Waals surface area (Å²) in [5, 5.41) is 8.44. The molecule has 0 radical (unpaired) electrons. The quantitative estimate of drug-likeness (QED) is 0.742. The molecule has 3 aromatic rings. The molecular formula is C17H18N4O. The summed E-state index contributed by atoms with van der Waals surface area (Å²) in [6.07, 6.45) is 1.92. The number of methoxy groups -OCH3 is 1. The summed E-state index contributed by atoms with van der Waals surface area (Å²) in [6, 6.07) is 16.0. The molecule has 0 amide bonds. The standard InChI is InChI=1S/C17H18N4O/c1-20(2)14-6-4-13(5-7-14)17-12-21(19-18-17)15-8-10-16(22-3)11-9-15/h4-12H,1-3H3. The molecule has 0 N–H and O–H groups in total. The number of hydrogen-bond donors (Lipinski definition) is 0. The maximum Gasteiger partial charge on any atom is 0.119 e. The second-order valence-electron chi connectivity index (χ2n) is 5.19. The largest absolute Gasteiger partial charge is 0.497 e. The van der Waals surface area contributed by atoms with E-state index in [9.17, 15) is 0 Å². The number of rotatable bonds is 4. The fraction of sp³-hybridized carbons (Fsp3) is 0.176. The summed E-state index contributed by atoms with van der Waals surface area (Å²) >= 11 is 0. The second-order valence-corrected chi connectivity index (χ2v) is 5.19. The molecule has 2 aromatic carbocycles. The summed E-state index contributed by atoms with van der Waals surface area (Å²) in [5.74, 6) is 0.823. The minimum Gasteiger partial charge on any atom is -0.497 e. The van der Waals surface area contributed by atoms with Crippen LogP contribution in [0.1, 0.15) is 0 Å². The Hall–Kier alpha value is -2.82. The predicted octanol–water partition coefficient (Wildman–Crippen LogP) is 3.01. The van der Waals surface area contributed by atoms with Crippen LogP contribution in [0.25, 0.3) is 16.9 Å². The number of benzene rings is 2. The zero-order valence-electron chi connectivity index (χ0n) is 12.9. The molecule has 0 spiro atoms. The van der Waals surface area contributed by atoms with Gasteiger partial charge >= 0.3 is 0 Å². The maximum atomic E-state index is 5.16. The Bertz CT molecular complexity index is 745. The van der Waals surface area contributed by atoms with Gasteiger partial charge in [-0.3, -0.25) is 0 Å². The molecule has 0 fully saturated rings. The van der Waals surface area contributed by atoms with Crippen molar-refractivity contribution in [1.29, 1.82) is 0 Å². The van der Waals surface area contributed by atoms with E-state index in [1.807, 2.05) is 44.6 Å². The third kappa shape index (κ3) is 2.79. The molecule has 0 saturated carbocycles. The minimum atomic E-state index is 0.823. The molecule has 0 aliphatic heterocycles. The Morgan fingerprint density at radius 2 is 1.64 bits per heavy atom. The van der Waals surface area contributed by atoms with Crippen LogP contribution >= 0.6 is 0 Å². The molecule has 0 aliphatic carbocycles. The van der Waals surface area contributed by atoms with Crippen molar-refractivity contribution < 1.29 is 4.74 Å². The van der Waals surface area contributed by atoms with E-state index in [4.69, 9.17) is 4.74 Å². The summed E-state index contributed by atoms with van der Waals surface area (Å²) in [7, 11) is 5.70. The topological polar surface area (TPSA) is 43.2 Å². The van der Waals surface area contributed by atoms with Gasteiger partial charge in [0.05, 0.1) is 19.0 Å². The third-order valence-corrected chi connectivity index (χ3v) is 3.51. The van der Waals surface area contributed by atoms with E-state index in [2.05, 4.69) is 39.5 Å². The molecule has 1 aromatic heterocycles. The summed E-state index contributed by atoms with van der Waals surface area (Å²) < 4.78 is 6.92. The summed E-state index contributed by atoms with van der Waals surface area (Å²) in [6.45, 7) is 0. The molecule has 0 aliphatic rings. The molecule has 3 rings (SSSR count). The number of aromatic nitrogens is 3. The first-order valence-corrected chi connectivity index (χ1v) is 7.02. The van der Waals surface area contributed by atoms with Crippen LogP contribution in [0.2, 0.25) is 0 Å². The van der Waals surface area contributed by atoms with Crippen molar-refractivity contribution >= 4 is 5.69 Å². The van der Waals surface area contributed by atoms with Crippen LogP contribution in [-0.2, 0) is 0 Å². The zero-order chi connectivity index (χ0) is 15.5. The SMILES string of the molecule is COc1ccc(-n2cc(-c3ccc(N(C)C)cc3)nn2)cc1. The molecule has 0 unspecified atom stereocenters. The Balaban J connectivity index is 1.86. The van der Waals surface area contributed by atoms with E-state index in [1.54, 1.807) is 11.8 Å². The number of anilines is 1. The maximum absolute atomic E-state index is 5.16. The van der Waals surface area contributed by atoms with Gasteiger partial charge in [0.2, 0.25) is 0 Å². The van der Waals surface area contributed by atoms with Crippen molar-refractivity contribution in [3.63, 3.8) is 0 Å². The molecular weight excluding hydrogens is 276 g/mol. The van der Waals surface area contributed by atoms with Gasteiger partial charge in [0.25, 0.3) is 0 Å². The van der Waals surface area contributed by atoms with Gasteiger partial charge in [0.15, 0.2) is 0 Å². The lowest BCUT2D eigenvalue weighted by molar-refractivity contribution is 0.414. The lowest BCUT2D eigenvalue weighted by Crippen LogP contribution is -2.07. The normalized spacial score (nSPS) is 10.5. The lowest BCUT2D eigenvalue weighted by atomic mass is 10.1. The van der Waals surface area contributed by atoms with Gasteiger partial charge < -0.3 is 9.64 Å². The molecule has 0 atom stereocenters. The Morgan fingerprint density at radius 3 is 2.23 bits per heavy atom. The molecule has 5 nitrogen and oxygen atoms in total. The number of hydrogen-bond acceptors (Lipinski definition) is 4. The van der Waals surface area contributed by atoms with Crippen molar-refractivity contribution in [3.05, 3.63) is 54.7 Å². The molecule has 1 heterocycles. The van der Waals surface area contributed by atoms with Gasteiger partial charge in [0, 0.05) is 25.3 Å². The fourth-order valence-corrected chi connectivity index (χ4v) is 2.19. The van der Waals surface area contributed by atoms with Gasteiger partial charge in [-0.25, -0.2) is 4.68 Å². The van der Waals surface area contributed by atoms with Crippen LogP contribution in [0.3, 0.4) is 0 Å². The van der Waals surface area contributed by atoms with Crippen LogP contribution in [0.4, 0.5) is 5.69 Å². The Morgan fingerprint density at radius 1 is 0.955 bits per heavy atom. The Labute approximate surface area is 129 Å². The highest BCUT2D eigenvalue weighted by Gasteiger charge is 2.06. The highest BCUT2D eigenvalue weighted by molar-refractivity contribution is 5.62. The molecule has 0 saturated heterocycles.